The van der Waals surface area contributed by atoms with Crippen molar-refractivity contribution < 1.29 is 28.2 Å². The third-order valence-corrected chi connectivity index (χ3v) is 10.0. The topological polar surface area (TPSA) is 83.1 Å². The van der Waals surface area contributed by atoms with Crippen molar-refractivity contribution in [1.82, 2.24) is 5.32 Å². The van der Waals surface area contributed by atoms with Crippen molar-refractivity contribution in [2.45, 2.75) is 84.1 Å². The van der Waals surface area contributed by atoms with E-state index in [9.17, 15) is 9.59 Å². The molecule has 0 aliphatic rings. The second-order valence-electron chi connectivity index (χ2n) is 10.4. The highest BCUT2D eigenvalue weighted by Gasteiger charge is 2.39. The highest BCUT2D eigenvalue weighted by molar-refractivity contribution is 6.74. The van der Waals surface area contributed by atoms with Crippen LogP contribution in [0.25, 0.3) is 0 Å². The lowest BCUT2D eigenvalue weighted by Crippen LogP contribution is -2.48. The zero-order chi connectivity index (χ0) is 24.7. The Labute approximate surface area is 194 Å². The summed E-state index contributed by atoms with van der Waals surface area (Å²) in [5, 5.41) is 2.73. The molecule has 0 radical (unpaired) electrons. The van der Waals surface area contributed by atoms with E-state index in [4.69, 9.17) is 18.6 Å². The summed E-state index contributed by atoms with van der Waals surface area (Å²) in [7, 11) is 0.961. The molecule has 0 aliphatic carbocycles. The number of rotatable bonds is 10. The number of ketones is 1. The van der Waals surface area contributed by atoms with Crippen molar-refractivity contribution in [2.24, 2.45) is 0 Å². The molecule has 1 N–H and O–H groups in total. The molecule has 0 heterocycles. The van der Waals surface area contributed by atoms with Crippen LogP contribution in [0.15, 0.2) is 24.3 Å². The first-order chi connectivity index (χ1) is 14.6. The summed E-state index contributed by atoms with van der Waals surface area (Å²) < 4.78 is 22.3. The zero-order valence-corrected chi connectivity index (χ0v) is 22.3. The number of carbonyl (C=O) groups excluding carboxylic acids is 2. The number of ether oxygens (including phenoxy) is 3. The highest BCUT2D eigenvalue weighted by Crippen LogP contribution is 2.37. The average Bonchev–Trinajstić information content (AvgIpc) is 2.65. The van der Waals surface area contributed by atoms with Crippen LogP contribution in [0.2, 0.25) is 18.1 Å². The second kappa shape index (κ2) is 11.4. The normalized spacial score (nSPS) is 13.7. The molecule has 0 saturated carbocycles. The Kier molecular flexibility index (Phi) is 10.1. The molecule has 7 nitrogen and oxygen atoms in total. The fourth-order valence-electron chi connectivity index (χ4n) is 2.78. The number of amides is 1. The van der Waals surface area contributed by atoms with Gasteiger partial charge in [-0.15, -0.1) is 0 Å². The minimum Gasteiger partial charge on any atom is -0.444 e. The number of nitrogens with one attached hydrogen (secondary N) is 1. The Hall–Kier alpha value is -1.74. The van der Waals surface area contributed by atoms with Crippen LogP contribution in [0.1, 0.15) is 70.2 Å². The van der Waals surface area contributed by atoms with E-state index in [1.807, 2.05) is 12.1 Å². The van der Waals surface area contributed by atoms with Gasteiger partial charge in [-0.25, -0.2) is 4.79 Å². The SMILES string of the molecule is COC(OC)c1ccc(C(=O)CC(CNC(=O)OC(C)(C)C)O[Si](C)(C)C(C)(C)C)cc1. The first-order valence-electron chi connectivity index (χ1n) is 10.9. The van der Waals surface area contributed by atoms with Gasteiger partial charge in [0, 0.05) is 38.3 Å². The second-order valence-corrected chi connectivity index (χ2v) is 15.2. The predicted octanol–water partition coefficient (Wildman–Crippen LogP) is 5.47. The molecule has 1 rings (SSSR count). The lowest BCUT2D eigenvalue weighted by molar-refractivity contribution is -0.106. The van der Waals surface area contributed by atoms with E-state index in [1.165, 1.54) is 0 Å². The van der Waals surface area contributed by atoms with Crippen molar-refractivity contribution >= 4 is 20.2 Å². The molecule has 32 heavy (non-hydrogen) atoms. The van der Waals surface area contributed by atoms with Crippen molar-refractivity contribution in [2.75, 3.05) is 20.8 Å². The van der Waals surface area contributed by atoms with Gasteiger partial charge in [0.2, 0.25) is 0 Å². The fourth-order valence-corrected chi connectivity index (χ4v) is 4.13. The minimum atomic E-state index is -2.17. The average molecular weight is 468 g/mol. The monoisotopic (exact) mass is 467 g/mol. The molecule has 1 aromatic carbocycles. The van der Waals surface area contributed by atoms with Crippen LogP contribution in [0.4, 0.5) is 4.79 Å². The van der Waals surface area contributed by atoms with Gasteiger partial charge in [-0.2, -0.15) is 0 Å². The molecule has 1 amide bonds. The number of methoxy groups -OCH3 is 2. The van der Waals surface area contributed by atoms with Crippen LogP contribution >= 0.6 is 0 Å². The Bertz CT molecular complexity index is 745. The van der Waals surface area contributed by atoms with E-state index < -0.39 is 32.4 Å². The summed E-state index contributed by atoms with van der Waals surface area (Å²) in [6.45, 7) is 16.3. The maximum atomic E-state index is 13.0. The van der Waals surface area contributed by atoms with Gasteiger partial charge in [-0.05, 0) is 38.9 Å². The van der Waals surface area contributed by atoms with E-state index in [-0.39, 0.29) is 23.8 Å². The summed E-state index contributed by atoms with van der Waals surface area (Å²) in [5.74, 6) is -0.0577. The molecule has 1 atom stereocenters. The number of hydrogen-bond donors (Lipinski definition) is 1. The molecule has 0 spiro atoms. The number of carbonyl (C=O) groups is 2. The van der Waals surface area contributed by atoms with Gasteiger partial charge in [0.25, 0.3) is 0 Å². The van der Waals surface area contributed by atoms with Gasteiger partial charge in [0.05, 0.1) is 6.10 Å². The number of benzene rings is 1. The molecule has 8 heteroatoms. The van der Waals surface area contributed by atoms with E-state index >= 15 is 0 Å². The summed E-state index contributed by atoms with van der Waals surface area (Å²) in [6.07, 6.45) is -1.31. The van der Waals surface area contributed by atoms with Gasteiger partial charge < -0.3 is 24.0 Å². The van der Waals surface area contributed by atoms with Crippen LogP contribution in [0, 0.1) is 0 Å². The first-order valence-corrected chi connectivity index (χ1v) is 13.8. The Morgan fingerprint density at radius 2 is 1.50 bits per heavy atom. The smallest absolute Gasteiger partial charge is 0.407 e. The van der Waals surface area contributed by atoms with Crippen molar-refractivity contribution in [3.8, 4) is 0 Å². The Morgan fingerprint density at radius 3 is 1.94 bits per heavy atom. The molecule has 1 aromatic rings. The maximum Gasteiger partial charge on any atom is 0.407 e. The molecule has 182 valence electrons. The van der Waals surface area contributed by atoms with E-state index in [1.54, 1.807) is 47.1 Å². The summed E-state index contributed by atoms with van der Waals surface area (Å²) >= 11 is 0. The van der Waals surface area contributed by atoms with Crippen molar-refractivity contribution in [3.63, 3.8) is 0 Å². The molecule has 0 fully saturated rings. The van der Waals surface area contributed by atoms with Crippen LogP contribution in [0.5, 0.6) is 0 Å². The standard InChI is InChI=1S/C24H41NO6Si/c1-23(2,3)30-22(27)25-16-19(31-32(9,10)24(4,5)6)15-20(26)17-11-13-18(14-12-17)21(28-7)29-8/h11-14,19,21H,15-16H2,1-10H3,(H,25,27). The first kappa shape index (κ1) is 28.3. The lowest BCUT2D eigenvalue weighted by Gasteiger charge is -2.39. The third-order valence-electron chi connectivity index (χ3n) is 5.49. The largest absolute Gasteiger partial charge is 0.444 e. The van der Waals surface area contributed by atoms with Gasteiger partial charge in [0.1, 0.15) is 5.60 Å². The number of hydrogen-bond acceptors (Lipinski definition) is 6. The molecule has 1 unspecified atom stereocenters. The number of alkyl carbamates (subject to hydrolysis) is 1. The van der Waals surface area contributed by atoms with Crippen LogP contribution < -0.4 is 5.32 Å². The van der Waals surface area contributed by atoms with Crippen molar-refractivity contribution in [3.05, 3.63) is 35.4 Å². The quantitative estimate of drug-likeness (QED) is 0.279. The fraction of sp³-hybridized carbons (Fsp3) is 0.667. The summed E-state index contributed by atoms with van der Waals surface area (Å²) in [6, 6.07) is 7.14. The summed E-state index contributed by atoms with van der Waals surface area (Å²) in [5.41, 5.74) is 0.799. The van der Waals surface area contributed by atoms with Crippen LogP contribution in [-0.2, 0) is 18.6 Å². The van der Waals surface area contributed by atoms with Gasteiger partial charge in [-0.1, -0.05) is 45.0 Å². The Morgan fingerprint density at radius 1 is 0.969 bits per heavy atom. The predicted molar refractivity (Wildman–Crippen MR) is 128 cm³/mol. The van der Waals surface area contributed by atoms with Gasteiger partial charge >= 0.3 is 6.09 Å². The molecular weight excluding hydrogens is 426 g/mol. The van der Waals surface area contributed by atoms with Crippen LogP contribution in [0.3, 0.4) is 0 Å². The lowest BCUT2D eigenvalue weighted by atomic mass is 10.0. The van der Waals surface area contributed by atoms with E-state index in [2.05, 4.69) is 39.2 Å². The van der Waals surface area contributed by atoms with Gasteiger partial charge in [-0.3, -0.25) is 4.79 Å². The van der Waals surface area contributed by atoms with Gasteiger partial charge in [0.15, 0.2) is 20.4 Å². The zero-order valence-electron chi connectivity index (χ0n) is 21.3. The van der Waals surface area contributed by atoms with E-state index in [0.717, 1.165) is 5.56 Å². The minimum absolute atomic E-state index is 0.0306. The Balaban J connectivity index is 2.96. The van der Waals surface area contributed by atoms with Crippen molar-refractivity contribution in [1.29, 1.82) is 0 Å². The highest BCUT2D eigenvalue weighted by atomic mass is 28.4. The molecule has 0 aliphatic heterocycles. The molecule has 0 saturated heterocycles. The maximum absolute atomic E-state index is 13.0. The third kappa shape index (κ3) is 9.01. The van der Waals surface area contributed by atoms with E-state index in [0.29, 0.717) is 5.56 Å². The number of Topliss-reactive ketones (excluding diaryl/α,β-unsaturated/α-hetero) is 1. The van der Waals surface area contributed by atoms with Crippen LogP contribution in [-0.4, -0.2) is 52.7 Å². The molecular formula is C24H41NO6Si. The molecule has 0 aromatic heterocycles. The molecule has 0 bridgehead atoms. The summed E-state index contributed by atoms with van der Waals surface area (Å²) in [4.78, 5) is 25.2.